The van der Waals surface area contributed by atoms with Crippen LogP contribution in [0, 0.1) is 0 Å². The van der Waals surface area contributed by atoms with Crippen molar-refractivity contribution in [2.45, 2.75) is 24.7 Å². The van der Waals surface area contributed by atoms with Gasteiger partial charge in [0.15, 0.2) is 5.82 Å². The van der Waals surface area contributed by atoms with Crippen LogP contribution in [0.3, 0.4) is 0 Å². The molecule has 1 aliphatic carbocycles. The zero-order valence-corrected chi connectivity index (χ0v) is 16.4. The summed E-state index contributed by atoms with van der Waals surface area (Å²) in [5, 5.41) is 4.28. The Morgan fingerprint density at radius 2 is 1.77 bits per heavy atom. The number of aromatic nitrogens is 5. The van der Waals surface area contributed by atoms with Crippen molar-refractivity contribution in [1.29, 1.82) is 0 Å². The van der Waals surface area contributed by atoms with Gasteiger partial charge in [-0.3, -0.25) is 4.79 Å². The van der Waals surface area contributed by atoms with E-state index in [1.165, 1.54) is 10.6 Å². The summed E-state index contributed by atoms with van der Waals surface area (Å²) in [4.78, 5) is 24.7. The van der Waals surface area contributed by atoms with Gasteiger partial charge in [0.25, 0.3) is 11.4 Å². The van der Waals surface area contributed by atoms with Gasteiger partial charge in [-0.15, -0.1) is 0 Å². The second kappa shape index (κ2) is 6.91. The Morgan fingerprint density at radius 3 is 2.40 bits per heavy atom. The molecule has 8 heteroatoms. The van der Waals surface area contributed by atoms with E-state index in [0.717, 1.165) is 36.0 Å². The van der Waals surface area contributed by atoms with Crippen molar-refractivity contribution < 1.29 is 4.52 Å². The summed E-state index contributed by atoms with van der Waals surface area (Å²) in [7, 11) is 1.70. The normalized spacial score (nSPS) is 15.0. The Bertz CT molecular complexity index is 1250. The SMILES string of the molecule is Cn1ccc(-c2nc(C3(c4ccc(-c5cnc(N)nc5)cc4)CCC3)no2)cc1=O. The van der Waals surface area contributed by atoms with Crippen molar-refractivity contribution in [3.05, 3.63) is 76.7 Å². The number of nitrogens with two attached hydrogens (primary N) is 1. The lowest BCUT2D eigenvalue weighted by molar-refractivity contribution is 0.273. The Kier molecular flexibility index (Phi) is 4.20. The van der Waals surface area contributed by atoms with E-state index in [0.29, 0.717) is 17.3 Å². The van der Waals surface area contributed by atoms with Crippen LogP contribution in [0.25, 0.3) is 22.6 Å². The third-order valence-corrected chi connectivity index (χ3v) is 5.86. The topological polar surface area (TPSA) is 113 Å². The molecule has 0 saturated heterocycles. The predicted molar refractivity (Wildman–Crippen MR) is 111 cm³/mol. The molecule has 0 spiro atoms. The maximum absolute atomic E-state index is 11.9. The highest BCUT2D eigenvalue weighted by Crippen LogP contribution is 2.48. The summed E-state index contributed by atoms with van der Waals surface area (Å²) in [6.07, 6.45) is 8.13. The summed E-state index contributed by atoms with van der Waals surface area (Å²) in [6.45, 7) is 0. The Balaban J connectivity index is 1.47. The van der Waals surface area contributed by atoms with Gasteiger partial charge in [-0.05, 0) is 30.0 Å². The van der Waals surface area contributed by atoms with E-state index in [9.17, 15) is 4.79 Å². The maximum atomic E-state index is 11.9. The molecule has 1 fully saturated rings. The Hall–Kier alpha value is -3.81. The minimum absolute atomic E-state index is 0.118. The monoisotopic (exact) mass is 400 g/mol. The van der Waals surface area contributed by atoms with Gasteiger partial charge in [0, 0.05) is 42.8 Å². The smallest absolute Gasteiger partial charge is 0.258 e. The van der Waals surface area contributed by atoms with Gasteiger partial charge in [-0.1, -0.05) is 35.8 Å². The fourth-order valence-corrected chi connectivity index (χ4v) is 3.86. The molecule has 0 unspecified atom stereocenters. The zero-order chi connectivity index (χ0) is 20.7. The van der Waals surface area contributed by atoms with Crippen molar-refractivity contribution in [1.82, 2.24) is 24.7 Å². The molecule has 0 atom stereocenters. The molecule has 4 aromatic rings. The van der Waals surface area contributed by atoms with Gasteiger partial charge in [-0.25, -0.2) is 9.97 Å². The molecule has 0 bridgehead atoms. The van der Waals surface area contributed by atoms with Crippen molar-refractivity contribution in [3.8, 4) is 22.6 Å². The van der Waals surface area contributed by atoms with Crippen molar-refractivity contribution >= 4 is 5.95 Å². The summed E-state index contributed by atoms with van der Waals surface area (Å²) in [5.74, 6) is 1.28. The second-order valence-electron chi connectivity index (χ2n) is 7.63. The molecule has 1 aliphatic rings. The van der Waals surface area contributed by atoms with Gasteiger partial charge >= 0.3 is 0 Å². The second-order valence-corrected chi connectivity index (χ2v) is 7.63. The fourth-order valence-electron chi connectivity index (χ4n) is 3.86. The van der Waals surface area contributed by atoms with Gasteiger partial charge in [0.05, 0.1) is 5.41 Å². The molecular formula is C22H20N6O2. The van der Waals surface area contributed by atoms with Crippen LogP contribution >= 0.6 is 0 Å². The van der Waals surface area contributed by atoms with Gasteiger partial charge < -0.3 is 14.8 Å². The molecule has 0 aliphatic heterocycles. The van der Waals surface area contributed by atoms with E-state index < -0.39 is 0 Å². The molecule has 150 valence electrons. The number of rotatable bonds is 4. The predicted octanol–water partition coefficient (Wildman–Crippen LogP) is 2.94. The van der Waals surface area contributed by atoms with Crippen molar-refractivity contribution in [3.63, 3.8) is 0 Å². The zero-order valence-electron chi connectivity index (χ0n) is 16.4. The molecule has 2 N–H and O–H groups in total. The number of aryl methyl sites for hydroxylation is 1. The molecule has 0 radical (unpaired) electrons. The van der Waals surface area contributed by atoms with Crippen LogP contribution in [0.15, 0.2) is 64.3 Å². The van der Waals surface area contributed by atoms with Crippen molar-refractivity contribution in [2.24, 2.45) is 7.05 Å². The van der Waals surface area contributed by atoms with Gasteiger partial charge in [0.1, 0.15) is 0 Å². The molecule has 0 amide bonds. The number of nitrogen functional groups attached to an aromatic ring is 1. The quantitative estimate of drug-likeness (QED) is 0.560. The average Bonchev–Trinajstić information content (AvgIpc) is 3.21. The molecule has 8 nitrogen and oxygen atoms in total. The first-order valence-corrected chi connectivity index (χ1v) is 9.75. The van der Waals surface area contributed by atoms with Gasteiger partial charge in [-0.2, -0.15) is 4.98 Å². The summed E-state index contributed by atoms with van der Waals surface area (Å²) < 4.78 is 7.02. The van der Waals surface area contributed by atoms with E-state index in [1.807, 2.05) is 12.1 Å². The number of pyridine rings is 1. The van der Waals surface area contributed by atoms with Crippen LogP contribution < -0.4 is 11.3 Å². The number of hydrogen-bond donors (Lipinski definition) is 1. The van der Waals surface area contributed by atoms with Crippen molar-refractivity contribution in [2.75, 3.05) is 5.73 Å². The van der Waals surface area contributed by atoms with E-state index in [2.05, 4.69) is 32.2 Å². The fraction of sp³-hybridized carbons (Fsp3) is 0.227. The standard InChI is InChI=1S/C22H20N6O2/c1-28-10-7-15(11-18(28)29)19-26-20(27-30-19)22(8-2-9-22)17-5-3-14(4-6-17)16-12-24-21(23)25-13-16/h3-7,10-13H,2,8-9H2,1H3,(H2,23,24,25). The van der Waals surface area contributed by atoms with Gasteiger partial charge in [0.2, 0.25) is 5.95 Å². The minimum Gasteiger partial charge on any atom is -0.368 e. The molecule has 5 rings (SSSR count). The minimum atomic E-state index is -0.266. The maximum Gasteiger partial charge on any atom is 0.258 e. The summed E-state index contributed by atoms with van der Waals surface area (Å²) >= 11 is 0. The number of anilines is 1. The highest BCUT2D eigenvalue weighted by atomic mass is 16.5. The average molecular weight is 400 g/mol. The molecule has 3 heterocycles. The molecule has 1 aromatic carbocycles. The first-order valence-electron chi connectivity index (χ1n) is 9.75. The Labute approximate surface area is 172 Å². The highest BCUT2D eigenvalue weighted by Gasteiger charge is 2.44. The van der Waals surface area contributed by atoms with Crippen LogP contribution in [-0.4, -0.2) is 24.7 Å². The molecule has 30 heavy (non-hydrogen) atoms. The molecular weight excluding hydrogens is 380 g/mol. The third kappa shape index (κ3) is 2.97. The lowest BCUT2D eigenvalue weighted by Gasteiger charge is -2.39. The number of benzene rings is 1. The first-order chi connectivity index (χ1) is 14.5. The Morgan fingerprint density at radius 1 is 1.03 bits per heavy atom. The van der Waals surface area contributed by atoms with Crippen LogP contribution in [0.2, 0.25) is 0 Å². The largest absolute Gasteiger partial charge is 0.368 e. The van der Waals surface area contributed by atoms with E-state index in [-0.39, 0.29) is 16.9 Å². The van der Waals surface area contributed by atoms with E-state index >= 15 is 0 Å². The number of nitrogens with zero attached hydrogens (tertiary/aromatic N) is 5. The van der Waals surface area contributed by atoms with Crippen LogP contribution in [-0.2, 0) is 12.5 Å². The van der Waals surface area contributed by atoms with E-state index in [1.54, 1.807) is 31.7 Å². The number of hydrogen-bond acceptors (Lipinski definition) is 7. The van der Waals surface area contributed by atoms with Crippen LogP contribution in [0.5, 0.6) is 0 Å². The third-order valence-electron chi connectivity index (χ3n) is 5.86. The lowest BCUT2D eigenvalue weighted by atomic mass is 9.64. The summed E-state index contributed by atoms with van der Waals surface area (Å²) in [5.41, 5.74) is 8.89. The molecule has 3 aromatic heterocycles. The molecule has 1 saturated carbocycles. The lowest BCUT2D eigenvalue weighted by Crippen LogP contribution is -2.36. The van der Waals surface area contributed by atoms with E-state index in [4.69, 9.17) is 10.3 Å². The first kappa shape index (κ1) is 18.2. The highest BCUT2D eigenvalue weighted by molar-refractivity contribution is 5.63. The van der Waals surface area contributed by atoms with Crippen LogP contribution in [0.4, 0.5) is 5.95 Å². The summed E-state index contributed by atoms with van der Waals surface area (Å²) in [6, 6.07) is 11.6. The van der Waals surface area contributed by atoms with Crippen LogP contribution in [0.1, 0.15) is 30.7 Å².